The fourth-order valence-electron chi connectivity index (χ4n) is 1.45. The van der Waals surface area contributed by atoms with Crippen LogP contribution in [0.15, 0.2) is 24.4 Å². The summed E-state index contributed by atoms with van der Waals surface area (Å²) in [6.45, 7) is 0. The van der Waals surface area contributed by atoms with Crippen molar-refractivity contribution in [1.82, 2.24) is 9.55 Å². The van der Waals surface area contributed by atoms with E-state index < -0.39 is 5.82 Å². The Kier molecular flexibility index (Phi) is 2.52. The van der Waals surface area contributed by atoms with Crippen molar-refractivity contribution in [2.75, 3.05) is 12.8 Å². The molecule has 2 N–H and O–H groups in total. The predicted molar refractivity (Wildman–Crippen MR) is 59.6 cm³/mol. The number of hydrogen-bond donors (Lipinski definition) is 1. The zero-order valence-electron chi connectivity index (χ0n) is 9.07. The molecule has 0 spiro atoms. The number of hydrogen-bond acceptors (Lipinski definition) is 3. The van der Waals surface area contributed by atoms with E-state index in [2.05, 4.69) is 4.98 Å². The number of nitrogens with two attached hydrogens (primary N) is 1. The Labute approximate surface area is 92.5 Å². The third kappa shape index (κ3) is 1.71. The largest absolute Gasteiger partial charge is 0.494 e. The Bertz CT molecular complexity index is 502. The van der Waals surface area contributed by atoms with Crippen molar-refractivity contribution in [3.05, 3.63) is 30.2 Å². The number of rotatable bonds is 2. The van der Waals surface area contributed by atoms with Crippen molar-refractivity contribution in [3.8, 4) is 17.0 Å². The first kappa shape index (κ1) is 10.5. The van der Waals surface area contributed by atoms with Crippen LogP contribution in [0.4, 0.5) is 10.3 Å². The van der Waals surface area contributed by atoms with Gasteiger partial charge in [0, 0.05) is 18.8 Å². The van der Waals surface area contributed by atoms with E-state index in [0.717, 1.165) is 0 Å². The van der Waals surface area contributed by atoms with Gasteiger partial charge in [-0.15, -0.1) is 0 Å². The molecular formula is C11H12FN3O. The van der Waals surface area contributed by atoms with Gasteiger partial charge in [-0.2, -0.15) is 0 Å². The lowest BCUT2D eigenvalue weighted by atomic mass is 10.1. The van der Waals surface area contributed by atoms with Crippen LogP contribution in [0.25, 0.3) is 11.3 Å². The minimum atomic E-state index is -0.413. The first-order valence-corrected chi connectivity index (χ1v) is 4.74. The second kappa shape index (κ2) is 3.84. The van der Waals surface area contributed by atoms with Gasteiger partial charge in [-0.05, 0) is 18.2 Å². The number of anilines is 1. The van der Waals surface area contributed by atoms with Crippen LogP contribution in [0.2, 0.25) is 0 Å². The van der Waals surface area contributed by atoms with Crippen molar-refractivity contribution in [3.63, 3.8) is 0 Å². The second-order valence-corrected chi connectivity index (χ2v) is 3.44. The van der Waals surface area contributed by atoms with Crippen LogP contribution in [0.3, 0.4) is 0 Å². The Morgan fingerprint density at radius 1 is 1.44 bits per heavy atom. The molecule has 0 aliphatic heterocycles. The number of ether oxygens (including phenoxy) is 1. The monoisotopic (exact) mass is 221 g/mol. The van der Waals surface area contributed by atoms with Crippen molar-refractivity contribution in [2.45, 2.75) is 0 Å². The number of imidazole rings is 1. The molecule has 1 heterocycles. The van der Waals surface area contributed by atoms with Crippen LogP contribution in [0.1, 0.15) is 0 Å². The maximum atomic E-state index is 13.5. The molecule has 0 atom stereocenters. The zero-order valence-corrected chi connectivity index (χ0v) is 9.07. The van der Waals surface area contributed by atoms with Crippen LogP contribution in [-0.4, -0.2) is 16.7 Å². The predicted octanol–water partition coefficient (Wildman–Crippen LogP) is 1.82. The summed E-state index contributed by atoms with van der Waals surface area (Å²) < 4.78 is 20.0. The summed E-state index contributed by atoms with van der Waals surface area (Å²) in [5, 5.41) is 0. The van der Waals surface area contributed by atoms with Gasteiger partial charge in [-0.25, -0.2) is 9.37 Å². The summed E-state index contributed by atoms with van der Waals surface area (Å²) in [6.07, 6.45) is 1.75. The molecule has 0 amide bonds. The highest BCUT2D eigenvalue weighted by molar-refractivity contribution is 5.61. The number of halogens is 1. The van der Waals surface area contributed by atoms with E-state index >= 15 is 0 Å². The fraction of sp³-hybridized carbons (Fsp3) is 0.182. The zero-order chi connectivity index (χ0) is 11.7. The van der Waals surface area contributed by atoms with Crippen molar-refractivity contribution >= 4 is 5.95 Å². The number of methoxy groups -OCH3 is 1. The molecule has 0 saturated carbocycles. The summed E-state index contributed by atoms with van der Waals surface area (Å²) >= 11 is 0. The van der Waals surface area contributed by atoms with Gasteiger partial charge in [0.2, 0.25) is 0 Å². The van der Waals surface area contributed by atoms with E-state index in [1.54, 1.807) is 29.9 Å². The average molecular weight is 221 g/mol. The molecule has 0 unspecified atom stereocenters. The second-order valence-electron chi connectivity index (χ2n) is 3.44. The SMILES string of the molecule is COc1ccc(-c2cn(C)c(N)n2)cc1F. The quantitative estimate of drug-likeness (QED) is 0.841. The first-order chi connectivity index (χ1) is 7.61. The number of nitrogen functional groups attached to an aromatic ring is 1. The summed E-state index contributed by atoms with van der Waals surface area (Å²) in [7, 11) is 3.21. The molecule has 2 aromatic rings. The Morgan fingerprint density at radius 3 is 2.69 bits per heavy atom. The highest BCUT2D eigenvalue weighted by Crippen LogP contribution is 2.25. The lowest BCUT2D eigenvalue weighted by molar-refractivity contribution is 0.386. The summed E-state index contributed by atoms with van der Waals surface area (Å²) in [5.74, 6) is 0.197. The van der Waals surface area contributed by atoms with Crippen LogP contribution >= 0.6 is 0 Å². The van der Waals surface area contributed by atoms with Crippen LogP contribution in [0, 0.1) is 5.82 Å². The topological polar surface area (TPSA) is 53.1 Å². The van der Waals surface area contributed by atoms with Gasteiger partial charge in [-0.3, -0.25) is 0 Å². The number of benzene rings is 1. The molecule has 1 aromatic carbocycles. The lowest BCUT2D eigenvalue weighted by Crippen LogP contribution is -1.94. The van der Waals surface area contributed by atoms with Gasteiger partial charge in [-0.1, -0.05) is 0 Å². The number of nitrogens with zero attached hydrogens (tertiary/aromatic N) is 2. The van der Waals surface area contributed by atoms with E-state index in [-0.39, 0.29) is 5.75 Å². The van der Waals surface area contributed by atoms with Gasteiger partial charge >= 0.3 is 0 Å². The highest BCUT2D eigenvalue weighted by atomic mass is 19.1. The third-order valence-electron chi connectivity index (χ3n) is 2.36. The Hall–Kier alpha value is -2.04. The molecular weight excluding hydrogens is 209 g/mol. The fourth-order valence-corrected chi connectivity index (χ4v) is 1.45. The van der Waals surface area contributed by atoms with Gasteiger partial charge in [0.25, 0.3) is 0 Å². The van der Waals surface area contributed by atoms with Gasteiger partial charge in [0.1, 0.15) is 0 Å². The molecule has 0 bridgehead atoms. The molecule has 0 aliphatic rings. The van der Waals surface area contributed by atoms with E-state index in [4.69, 9.17) is 10.5 Å². The maximum Gasteiger partial charge on any atom is 0.200 e. The van der Waals surface area contributed by atoms with Crippen molar-refractivity contribution < 1.29 is 9.13 Å². The maximum absolute atomic E-state index is 13.5. The molecule has 2 rings (SSSR count). The standard InChI is InChI=1S/C11H12FN3O/c1-15-6-9(14-11(15)13)7-3-4-10(16-2)8(12)5-7/h3-6H,1-2H3,(H2,13,14). The molecule has 5 heteroatoms. The van der Waals surface area contributed by atoms with Gasteiger partial charge in [0.15, 0.2) is 17.5 Å². The molecule has 1 aromatic heterocycles. The Balaban J connectivity index is 2.45. The first-order valence-electron chi connectivity index (χ1n) is 4.74. The molecule has 84 valence electrons. The molecule has 0 saturated heterocycles. The van der Waals surface area contributed by atoms with E-state index in [0.29, 0.717) is 17.2 Å². The average Bonchev–Trinajstić information content (AvgIpc) is 2.59. The van der Waals surface area contributed by atoms with Gasteiger partial charge in [0.05, 0.1) is 12.8 Å². The molecule has 0 fully saturated rings. The molecule has 0 radical (unpaired) electrons. The lowest BCUT2D eigenvalue weighted by Gasteiger charge is -2.02. The van der Waals surface area contributed by atoms with Crippen molar-refractivity contribution in [2.24, 2.45) is 7.05 Å². The number of aromatic nitrogens is 2. The van der Waals surface area contributed by atoms with Crippen LogP contribution in [0.5, 0.6) is 5.75 Å². The van der Waals surface area contributed by atoms with E-state index in [1.807, 2.05) is 0 Å². The van der Waals surface area contributed by atoms with E-state index in [1.165, 1.54) is 13.2 Å². The smallest absolute Gasteiger partial charge is 0.200 e. The molecule has 4 nitrogen and oxygen atoms in total. The van der Waals surface area contributed by atoms with Gasteiger partial charge < -0.3 is 15.0 Å². The summed E-state index contributed by atoms with van der Waals surface area (Å²) in [5.41, 5.74) is 6.92. The van der Waals surface area contributed by atoms with Crippen LogP contribution < -0.4 is 10.5 Å². The third-order valence-corrected chi connectivity index (χ3v) is 2.36. The molecule has 0 aliphatic carbocycles. The normalized spacial score (nSPS) is 10.4. The molecule has 16 heavy (non-hydrogen) atoms. The minimum Gasteiger partial charge on any atom is -0.494 e. The van der Waals surface area contributed by atoms with Crippen LogP contribution in [-0.2, 0) is 7.05 Å². The Morgan fingerprint density at radius 2 is 2.19 bits per heavy atom. The highest BCUT2D eigenvalue weighted by Gasteiger charge is 2.08. The summed E-state index contributed by atoms with van der Waals surface area (Å²) in [4.78, 5) is 4.11. The van der Waals surface area contributed by atoms with E-state index in [9.17, 15) is 4.39 Å². The minimum absolute atomic E-state index is 0.215. The van der Waals surface area contributed by atoms with Crippen molar-refractivity contribution in [1.29, 1.82) is 0 Å². The summed E-state index contributed by atoms with van der Waals surface area (Å²) in [6, 6.07) is 4.68. The number of aryl methyl sites for hydroxylation is 1.